The van der Waals surface area contributed by atoms with Gasteiger partial charge in [-0.1, -0.05) is 12.1 Å². The lowest BCUT2D eigenvalue weighted by molar-refractivity contribution is -0.135. The van der Waals surface area contributed by atoms with Gasteiger partial charge in [0.15, 0.2) is 0 Å². The Morgan fingerprint density at radius 3 is 2.38 bits per heavy atom. The van der Waals surface area contributed by atoms with Gasteiger partial charge in [0.25, 0.3) is 0 Å². The predicted molar refractivity (Wildman–Crippen MR) is 90.7 cm³/mol. The Bertz CT molecular complexity index is 625. The Labute approximate surface area is 142 Å². The van der Waals surface area contributed by atoms with Crippen molar-refractivity contribution in [2.75, 3.05) is 40.3 Å². The van der Waals surface area contributed by atoms with Crippen LogP contribution in [0.3, 0.4) is 0 Å². The average Bonchev–Trinajstić information content (AvgIpc) is 3.39. The van der Waals surface area contributed by atoms with Gasteiger partial charge < -0.3 is 20.3 Å². The summed E-state index contributed by atoms with van der Waals surface area (Å²) in [5.41, 5.74) is 6.11. The van der Waals surface area contributed by atoms with Gasteiger partial charge in [0.2, 0.25) is 11.8 Å². The van der Waals surface area contributed by atoms with Crippen LogP contribution in [0.4, 0.5) is 0 Å². The molecule has 2 N–H and O–H groups in total. The Balaban J connectivity index is 1.80. The molecule has 6 nitrogen and oxygen atoms in total. The fraction of sp³-hybridized carbons (Fsp3) is 0.556. The number of nitrogens with zero attached hydrogens (tertiary/aromatic N) is 2. The lowest BCUT2D eigenvalue weighted by atomic mass is 9.93. The third-order valence-corrected chi connectivity index (χ3v) is 5.22. The molecule has 1 saturated carbocycles. The summed E-state index contributed by atoms with van der Waals surface area (Å²) in [6.07, 6.45) is 1.71. The largest absolute Gasteiger partial charge is 0.497 e. The number of methoxy groups -OCH3 is 1. The Morgan fingerprint density at radius 1 is 1.17 bits per heavy atom. The molecule has 0 aromatic heterocycles. The van der Waals surface area contributed by atoms with E-state index in [0.717, 1.165) is 30.7 Å². The topological polar surface area (TPSA) is 75.9 Å². The van der Waals surface area contributed by atoms with Gasteiger partial charge in [0.05, 0.1) is 18.4 Å². The Morgan fingerprint density at radius 2 is 1.83 bits per heavy atom. The Kier molecular flexibility index (Phi) is 4.49. The number of likely N-dealkylation sites (N-methyl/N-ethyl adjacent to an activating group) is 1. The molecular weight excluding hydrogens is 306 g/mol. The van der Waals surface area contributed by atoms with Crippen LogP contribution in [-0.2, 0) is 15.0 Å². The van der Waals surface area contributed by atoms with Gasteiger partial charge in [-0.15, -0.1) is 0 Å². The van der Waals surface area contributed by atoms with Crippen LogP contribution in [0.2, 0.25) is 0 Å². The molecule has 0 radical (unpaired) electrons. The molecule has 1 aliphatic heterocycles. The number of carbonyl (C=O) groups is 2. The van der Waals surface area contributed by atoms with E-state index < -0.39 is 5.41 Å². The number of hydrogen-bond acceptors (Lipinski definition) is 4. The second-order valence-electron chi connectivity index (χ2n) is 6.92. The van der Waals surface area contributed by atoms with E-state index in [1.165, 1.54) is 0 Å². The van der Waals surface area contributed by atoms with Crippen LogP contribution < -0.4 is 10.5 Å². The minimum Gasteiger partial charge on any atom is -0.497 e. The number of carbonyl (C=O) groups excluding carboxylic acids is 2. The molecule has 130 valence electrons. The summed E-state index contributed by atoms with van der Waals surface area (Å²) in [4.78, 5) is 28.8. The third kappa shape index (κ3) is 3.11. The first-order chi connectivity index (χ1) is 11.5. The van der Waals surface area contributed by atoms with E-state index in [0.29, 0.717) is 19.6 Å². The minimum atomic E-state index is -0.433. The molecule has 1 atom stereocenters. The second-order valence-corrected chi connectivity index (χ2v) is 6.92. The molecule has 0 spiro atoms. The van der Waals surface area contributed by atoms with Crippen molar-refractivity contribution in [3.8, 4) is 5.75 Å². The molecule has 0 unspecified atom stereocenters. The van der Waals surface area contributed by atoms with Crippen LogP contribution in [0, 0.1) is 5.92 Å². The van der Waals surface area contributed by atoms with E-state index >= 15 is 0 Å². The van der Waals surface area contributed by atoms with Gasteiger partial charge in [-0.2, -0.15) is 0 Å². The second kappa shape index (κ2) is 6.43. The van der Waals surface area contributed by atoms with Gasteiger partial charge in [0, 0.05) is 26.2 Å². The molecule has 2 amide bonds. The van der Waals surface area contributed by atoms with Crippen molar-refractivity contribution in [3.05, 3.63) is 29.8 Å². The SMILES string of the molecule is COc1ccc(C2(C(=O)N3CCN(C)C[C@@H](C(N)=O)C3)CC2)cc1. The molecule has 3 rings (SSSR count). The van der Waals surface area contributed by atoms with Crippen LogP contribution in [0.25, 0.3) is 0 Å². The lowest BCUT2D eigenvalue weighted by Crippen LogP contribution is -2.44. The van der Waals surface area contributed by atoms with Gasteiger partial charge in [-0.25, -0.2) is 0 Å². The molecule has 1 heterocycles. The van der Waals surface area contributed by atoms with Crippen LogP contribution in [0.5, 0.6) is 5.75 Å². The van der Waals surface area contributed by atoms with Gasteiger partial charge in [-0.3, -0.25) is 9.59 Å². The number of benzene rings is 1. The fourth-order valence-corrected chi connectivity index (χ4v) is 3.50. The lowest BCUT2D eigenvalue weighted by Gasteiger charge is -2.28. The summed E-state index contributed by atoms with van der Waals surface area (Å²) in [6.45, 7) is 2.41. The van der Waals surface area contributed by atoms with Crippen molar-refractivity contribution in [1.29, 1.82) is 0 Å². The number of rotatable bonds is 4. The highest BCUT2D eigenvalue weighted by atomic mass is 16.5. The number of hydrogen-bond donors (Lipinski definition) is 1. The maximum atomic E-state index is 13.2. The first-order valence-corrected chi connectivity index (χ1v) is 8.38. The van der Waals surface area contributed by atoms with E-state index in [9.17, 15) is 9.59 Å². The molecule has 1 aromatic carbocycles. The van der Waals surface area contributed by atoms with Gasteiger partial charge >= 0.3 is 0 Å². The van der Waals surface area contributed by atoms with Crippen molar-refractivity contribution in [2.24, 2.45) is 11.7 Å². The number of nitrogens with two attached hydrogens (primary N) is 1. The van der Waals surface area contributed by atoms with Crippen molar-refractivity contribution in [1.82, 2.24) is 9.80 Å². The standard InChI is InChI=1S/C18H25N3O3/c1-20-9-10-21(12-13(11-20)16(19)22)17(23)18(7-8-18)14-3-5-15(24-2)6-4-14/h3-6,13H,7-12H2,1-2H3,(H2,19,22)/t13-/m1/s1. The third-order valence-electron chi connectivity index (χ3n) is 5.22. The van der Waals surface area contributed by atoms with Crippen molar-refractivity contribution < 1.29 is 14.3 Å². The molecule has 1 aliphatic carbocycles. The number of primary amides is 1. The van der Waals surface area contributed by atoms with Gasteiger partial charge in [0.1, 0.15) is 5.75 Å². The van der Waals surface area contributed by atoms with E-state index in [4.69, 9.17) is 10.5 Å². The van der Waals surface area contributed by atoms with E-state index in [1.54, 1.807) is 7.11 Å². The molecule has 2 fully saturated rings. The summed E-state index contributed by atoms with van der Waals surface area (Å²) in [5, 5.41) is 0. The molecule has 24 heavy (non-hydrogen) atoms. The highest BCUT2D eigenvalue weighted by Gasteiger charge is 2.53. The Hall–Kier alpha value is -2.08. The maximum absolute atomic E-state index is 13.2. The summed E-state index contributed by atoms with van der Waals surface area (Å²) < 4.78 is 5.20. The summed E-state index contributed by atoms with van der Waals surface area (Å²) in [6, 6.07) is 7.73. The van der Waals surface area contributed by atoms with Crippen LogP contribution >= 0.6 is 0 Å². The molecular formula is C18H25N3O3. The van der Waals surface area contributed by atoms with Crippen molar-refractivity contribution in [2.45, 2.75) is 18.3 Å². The minimum absolute atomic E-state index is 0.120. The molecule has 1 aromatic rings. The molecule has 1 saturated heterocycles. The molecule has 6 heteroatoms. The van der Waals surface area contributed by atoms with Crippen LogP contribution in [0.15, 0.2) is 24.3 Å². The van der Waals surface area contributed by atoms with Gasteiger partial charge in [-0.05, 0) is 37.6 Å². The average molecular weight is 331 g/mol. The zero-order valence-electron chi connectivity index (χ0n) is 14.3. The first kappa shape index (κ1) is 16.8. The van der Waals surface area contributed by atoms with E-state index in [2.05, 4.69) is 4.90 Å². The normalized spacial score (nSPS) is 23.4. The zero-order valence-corrected chi connectivity index (χ0v) is 14.3. The maximum Gasteiger partial charge on any atom is 0.233 e. The highest BCUT2D eigenvalue weighted by molar-refractivity contribution is 5.92. The highest BCUT2D eigenvalue weighted by Crippen LogP contribution is 2.50. The molecule has 2 aliphatic rings. The van der Waals surface area contributed by atoms with E-state index in [-0.39, 0.29) is 17.7 Å². The van der Waals surface area contributed by atoms with Crippen LogP contribution in [-0.4, -0.2) is 62.0 Å². The summed E-state index contributed by atoms with van der Waals surface area (Å²) in [7, 11) is 3.59. The number of ether oxygens (including phenoxy) is 1. The quantitative estimate of drug-likeness (QED) is 0.877. The predicted octanol–water partition coefficient (Wildman–Crippen LogP) is 0.602. The fourth-order valence-electron chi connectivity index (χ4n) is 3.50. The number of amides is 2. The van der Waals surface area contributed by atoms with Crippen molar-refractivity contribution >= 4 is 11.8 Å². The summed E-state index contributed by atoms with van der Waals surface area (Å²) >= 11 is 0. The monoisotopic (exact) mass is 331 g/mol. The van der Waals surface area contributed by atoms with Crippen LogP contribution in [0.1, 0.15) is 18.4 Å². The first-order valence-electron chi connectivity index (χ1n) is 8.38. The smallest absolute Gasteiger partial charge is 0.233 e. The molecule has 0 bridgehead atoms. The van der Waals surface area contributed by atoms with Crippen molar-refractivity contribution in [3.63, 3.8) is 0 Å². The zero-order chi connectivity index (χ0) is 17.3. The summed E-state index contributed by atoms with van der Waals surface area (Å²) in [5.74, 6) is 0.255. The van der Waals surface area contributed by atoms with E-state index in [1.807, 2.05) is 36.2 Å².